The molecule has 0 radical (unpaired) electrons. The molecule has 1 aromatic heterocycles. The molecular weight excluding hydrogens is 360 g/mol. The molecule has 0 fully saturated rings. The largest absolute Gasteiger partial charge is 0.411 e. The molecule has 0 spiro atoms. The first kappa shape index (κ1) is 18.7. The van der Waals surface area contributed by atoms with Crippen molar-refractivity contribution in [2.45, 2.75) is 19.1 Å². The van der Waals surface area contributed by atoms with Gasteiger partial charge in [0.1, 0.15) is 6.54 Å². The maximum atomic E-state index is 12.5. The van der Waals surface area contributed by atoms with Gasteiger partial charge < -0.3 is 4.42 Å². The van der Waals surface area contributed by atoms with Gasteiger partial charge in [0.15, 0.2) is 0 Å². The molecule has 0 saturated heterocycles. The van der Waals surface area contributed by atoms with E-state index in [1.807, 2.05) is 56.3 Å². The maximum absolute atomic E-state index is 12.5. The summed E-state index contributed by atoms with van der Waals surface area (Å²) in [4.78, 5) is 14.0. The Morgan fingerprint density at radius 2 is 1.93 bits per heavy atom. The van der Waals surface area contributed by atoms with Crippen molar-refractivity contribution in [1.82, 2.24) is 10.2 Å². The number of hydrogen-bond acceptors (Lipinski definition) is 6. The number of amides is 1. The predicted octanol–water partition coefficient (Wildman–Crippen LogP) is 4.00. The molecule has 136 valence electrons. The molecule has 7 heteroatoms. The van der Waals surface area contributed by atoms with Crippen LogP contribution in [0.4, 0.5) is 5.69 Å². The molecule has 0 saturated carbocycles. The van der Waals surface area contributed by atoms with Gasteiger partial charge in [-0.25, -0.2) is 0 Å². The highest BCUT2D eigenvalue weighted by Gasteiger charge is 2.17. The number of aromatic nitrogens is 2. The van der Waals surface area contributed by atoms with E-state index in [0.717, 1.165) is 22.9 Å². The van der Waals surface area contributed by atoms with Crippen LogP contribution in [-0.4, -0.2) is 28.4 Å². The van der Waals surface area contributed by atoms with Gasteiger partial charge in [0, 0.05) is 11.3 Å². The summed E-state index contributed by atoms with van der Waals surface area (Å²) in [6.45, 7) is 4.05. The van der Waals surface area contributed by atoms with Gasteiger partial charge in [-0.3, -0.25) is 9.69 Å². The van der Waals surface area contributed by atoms with Gasteiger partial charge in [-0.1, -0.05) is 36.0 Å². The lowest BCUT2D eigenvalue weighted by Gasteiger charge is -2.18. The monoisotopic (exact) mass is 378 g/mol. The molecule has 0 aliphatic heterocycles. The molecule has 3 aromatic rings. The van der Waals surface area contributed by atoms with Crippen LogP contribution in [0.1, 0.15) is 11.1 Å². The molecule has 1 heterocycles. The molecule has 1 amide bonds. The Balaban J connectivity index is 1.67. The van der Waals surface area contributed by atoms with Gasteiger partial charge >= 0.3 is 0 Å². The topological polar surface area (TPSA) is 83.0 Å². The fourth-order valence-electron chi connectivity index (χ4n) is 2.46. The predicted molar refractivity (Wildman–Crippen MR) is 104 cm³/mol. The molecule has 0 bridgehead atoms. The second kappa shape index (κ2) is 8.52. The molecule has 0 N–H and O–H groups in total. The summed E-state index contributed by atoms with van der Waals surface area (Å²) in [5.41, 5.74) is 3.87. The lowest BCUT2D eigenvalue weighted by Crippen LogP contribution is -2.32. The van der Waals surface area contributed by atoms with Crippen molar-refractivity contribution in [2.24, 2.45) is 0 Å². The number of anilines is 1. The number of nitrogens with zero attached hydrogens (tertiary/aromatic N) is 4. The summed E-state index contributed by atoms with van der Waals surface area (Å²) in [6.07, 6.45) is 0. The van der Waals surface area contributed by atoms with Gasteiger partial charge in [-0.05, 0) is 49.2 Å². The number of para-hydroxylation sites is 1. The lowest BCUT2D eigenvalue weighted by atomic mass is 10.1. The van der Waals surface area contributed by atoms with Crippen molar-refractivity contribution >= 4 is 23.4 Å². The number of thioether (sulfide) groups is 1. The summed E-state index contributed by atoms with van der Waals surface area (Å²) in [6, 6.07) is 17.1. The smallest absolute Gasteiger partial charge is 0.277 e. The first-order valence-corrected chi connectivity index (χ1v) is 9.33. The van der Waals surface area contributed by atoms with E-state index in [-0.39, 0.29) is 18.2 Å². The first-order valence-electron chi connectivity index (χ1n) is 8.35. The Morgan fingerprint density at radius 3 is 2.63 bits per heavy atom. The molecule has 0 atom stereocenters. The fourth-order valence-corrected chi connectivity index (χ4v) is 3.10. The number of benzene rings is 2. The van der Waals surface area contributed by atoms with Crippen molar-refractivity contribution < 1.29 is 9.21 Å². The van der Waals surface area contributed by atoms with Gasteiger partial charge in [0.05, 0.1) is 11.8 Å². The summed E-state index contributed by atoms with van der Waals surface area (Å²) in [7, 11) is 0. The van der Waals surface area contributed by atoms with Crippen LogP contribution in [0.3, 0.4) is 0 Å². The summed E-state index contributed by atoms with van der Waals surface area (Å²) in [5, 5.41) is 17.4. The third kappa shape index (κ3) is 4.54. The van der Waals surface area contributed by atoms with Crippen LogP contribution in [0.25, 0.3) is 11.5 Å². The average molecular weight is 378 g/mol. The Hall–Kier alpha value is -3.11. The molecule has 2 aromatic carbocycles. The van der Waals surface area contributed by atoms with Crippen molar-refractivity contribution in [1.29, 1.82) is 5.26 Å². The van der Waals surface area contributed by atoms with Gasteiger partial charge in [0.2, 0.25) is 11.8 Å². The zero-order chi connectivity index (χ0) is 19.2. The second-order valence-electron chi connectivity index (χ2n) is 5.93. The van der Waals surface area contributed by atoms with E-state index in [1.54, 1.807) is 12.1 Å². The minimum atomic E-state index is -0.196. The normalized spacial score (nSPS) is 10.4. The van der Waals surface area contributed by atoms with Crippen LogP contribution >= 0.6 is 11.8 Å². The van der Waals surface area contributed by atoms with Gasteiger partial charge in [-0.15, -0.1) is 10.2 Å². The van der Waals surface area contributed by atoms with Crippen LogP contribution in [0, 0.1) is 25.2 Å². The Bertz CT molecular complexity index is 979. The number of aryl methyl sites for hydroxylation is 2. The first-order chi connectivity index (χ1) is 13.1. The van der Waals surface area contributed by atoms with Gasteiger partial charge in [-0.2, -0.15) is 5.26 Å². The highest BCUT2D eigenvalue weighted by Crippen LogP contribution is 2.25. The zero-order valence-electron chi connectivity index (χ0n) is 15.0. The second-order valence-corrected chi connectivity index (χ2v) is 6.86. The quantitative estimate of drug-likeness (QED) is 0.476. The van der Waals surface area contributed by atoms with E-state index in [1.165, 1.54) is 10.5 Å². The third-order valence-corrected chi connectivity index (χ3v) is 4.88. The minimum absolute atomic E-state index is 0.0128. The zero-order valence-corrected chi connectivity index (χ0v) is 15.9. The van der Waals surface area contributed by atoms with Crippen LogP contribution < -0.4 is 4.90 Å². The molecule has 0 aliphatic rings. The third-order valence-electron chi connectivity index (χ3n) is 4.08. The van der Waals surface area contributed by atoms with E-state index < -0.39 is 0 Å². The summed E-state index contributed by atoms with van der Waals surface area (Å²) >= 11 is 1.16. The highest BCUT2D eigenvalue weighted by atomic mass is 32.2. The van der Waals surface area contributed by atoms with Crippen LogP contribution in [0.2, 0.25) is 0 Å². The molecule has 0 aliphatic carbocycles. The SMILES string of the molecule is Cc1ccc(-c2nnc(SCC(=O)N(CC#N)c3ccccc3)o2)cc1C. The molecular formula is C20H18N4O2S. The molecule has 3 rings (SSSR count). The Kier molecular flexibility index (Phi) is 5.89. The number of carbonyl (C=O) groups is 1. The lowest BCUT2D eigenvalue weighted by molar-refractivity contribution is -0.116. The molecule has 6 nitrogen and oxygen atoms in total. The number of carbonyl (C=O) groups excluding carboxylic acids is 1. The minimum Gasteiger partial charge on any atom is -0.411 e. The number of hydrogen-bond donors (Lipinski definition) is 0. The van der Waals surface area contributed by atoms with Crippen LogP contribution in [0.5, 0.6) is 0 Å². The summed E-state index contributed by atoms with van der Waals surface area (Å²) < 4.78 is 5.67. The molecule has 0 unspecified atom stereocenters. The standard InChI is InChI=1S/C20H18N4O2S/c1-14-8-9-16(12-15(14)2)19-22-23-20(26-19)27-13-18(25)24(11-10-21)17-6-4-3-5-7-17/h3-9,12H,11,13H2,1-2H3. The van der Waals surface area contributed by atoms with E-state index in [2.05, 4.69) is 10.2 Å². The Labute approximate surface area is 161 Å². The van der Waals surface area contributed by atoms with Crippen molar-refractivity contribution in [2.75, 3.05) is 17.2 Å². The highest BCUT2D eigenvalue weighted by molar-refractivity contribution is 7.99. The maximum Gasteiger partial charge on any atom is 0.277 e. The van der Waals surface area contributed by atoms with Crippen LogP contribution in [0.15, 0.2) is 58.2 Å². The van der Waals surface area contributed by atoms with Crippen molar-refractivity contribution in [3.8, 4) is 17.5 Å². The number of nitriles is 1. The van der Waals surface area contributed by atoms with Crippen molar-refractivity contribution in [3.05, 3.63) is 59.7 Å². The van der Waals surface area contributed by atoms with E-state index >= 15 is 0 Å². The van der Waals surface area contributed by atoms with Gasteiger partial charge in [0.25, 0.3) is 5.22 Å². The van der Waals surface area contributed by atoms with Crippen molar-refractivity contribution in [3.63, 3.8) is 0 Å². The Morgan fingerprint density at radius 1 is 1.15 bits per heavy atom. The average Bonchev–Trinajstić information content (AvgIpc) is 3.16. The summed E-state index contributed by atoms with van der Waals surface area (Å²) in [5.74, 6) is 0.328. The number of rotatable bonds is 6. The molecule has 27 heavy (non-hydrogen) atoms. The van der Waals surface area contributed by atoms with Crippen LogP contribution in [-0.2, 0) is 4.79 Å². The van der Waals surface area contributed by atoms with E-state index in [0.29, 0.717) is 16.8 Å². The van der Waals surface area contributed by atoms with E-state index in [4.69, 9.17) is 9.68 Å². The fraction of sp³-hybridized carbons (Fsp3) is 0.200. The van der Waals surface area contributed by atoms with E-state index in [9.17, 15) is 4.79 Å².